The Kier molecular flexibility index (Phi) is 9.36. The highest BCUT2D eigenvalue weighted by molar-refractivity contribution is 7.26. The number of para-hydroxylation sites is 1. The van der Waals surface area contributed by atoms with Crippen LogP contribution in [0, 0.1) is 0 Å². The molecule has 3 heterocycles. The Balaban J connectivity index is 0.986. The zero-order valence-electron chi connectivity index (χ0n) is 37.8. The third kappa shape index (κ3) is 6.70. The van der Waals surface area contributed by atoms with E-state index >= 15 is 0 Å². The van der Waals surface area contributed by atoms with Gasteiger partial charge >= 0.3 is 0 Å². The minimum atomic E-state index is 0.609. The summed E-state index contributed by atoms with van der Waals surface area (Å²) in [6.45, 7) is 0. The average Bonchev–Trinajstić information content (AvgIpc) is 3.98. The molecule has 14 aromatic rings. The zero-order valence-corrected chi connectivity index (χ0v) is 38.6. The molecule has 3 aromatic heterocycles. The number of fused-ring (bicyclic) bond motifs is 9. The molecule has 0 amide bonds. The van der Waals surface area contributed by atoms with Gasteiger partial charge in [0.1, 0.15) is 0 Å². The van der Waals surface area contributed by atoms with Crippen molar-refractivity contribution in [3.8, 4) is 73.2 Å². The van der Waals surface area contributed by atoms with Gasteiger partial charge in [-0.3, -0.25) is 0 Å². The van der Waals surface area contributed by atoms with Gasteiger partial charge in [0.25, 0.3) is 0 Å². The molecule has 0 saturated carbocycles. The van der Waals surface area contributed by atoms with Gasteiger partial charge in [0.2, 0.25) is 0 Å². The maximum absolute atomic E-state index is 5.32. The fourth-order valence-electron chi connectivity index (χ4n) is 10.5. The van der Waals surface area contributed by atoms with Gasteiger partial charge in [-0.1, -0.05) is 194 Å². The Labute approximate surface area is 408 Å². The lowest BCUT2D eigenvalue weighted by Gasteiger charge is -2.17. The summed E-state index contributed by atoms with van der Waals surface area (Å²) in [5.41, 5.74) is 13.1. The van der Waals surface area contributed by atoms with E-state index in [1.807, 2.05) is 29.5 Å². The van der Waals surface area contributed by atoms with E-state index < -0.39 is 0 Å². The number of hydrogen-bond acceptors (Lipinski definition) is 4. The molecule has 0 spiro atoms. The van der Waals surface area contributed by atoms with Crippen molar-refractivity contribution in [3.63, 3.8) is 0 Å². The summed E-state index contributed by atoms with van der Waals surface area (Å²) < 4.78 is 4.98. The van der Waals surface area contributed by atoms with Crippen LogP contribution in [-0.2, 0) is 0 Å². The van der Waals surface area contributed by atoms with Crippen LogP contribution in [-0.4, -0.2) is 19.5 Å². The van der Waals surface area contributed by atoms with Crippen LogP contribution in [0.3, 0.4) is 0 Å². The highest BCUT2D eigenvalue weighted by Gasteiger charge is 2.22. The molecule has 14 rings (SSSR count). The molecule has 0 bridgehead atoms. The molecule has 0 N–H and O–H groups in total. The van der Waals surface area contributed by atoms with E-state index in [4.69, 9.17) is 15.0 Å². The Morgan fingerprint density at radius 2 is 0.800 bits per heavy atom. The first kappa shape index (κ1) is 40.1. The van der Waals surface area contributed by atoms with Crippen molar-refractivity contribution in [2.24, 2.45) is 0 Å². The molecular formula is C65H40N4S. The maximum Gasteiger partial charge on any atom is 0.164 e. The normalized spacial score (nSPS) is 11.7. The Morgan fingerprint density at radius 1 is 0.286 bits per heavy atom. The quantitative estimate of drug-likeness (QED) is 0.160. The first-order valence-electron chi connectivity index (χ1n) is 23.7. The standard InChI is InChI=1S/C65H40N4S/c1-3-14-41(15-4-1)42-26-28-43(29-27-42)44-30-32-47(33-31-44)64-66-63(46-17-5-2-6-18-46)67-65(68-64)50-34-36-57(69-56-24-12-11-22-52(56)54-38-48-19-7-8-20-49(48)40-58(54)69)55(39-50)53-23-13-25-59-62(53)61-51-21-10-9-16-45(51)35-37-60(61)70-59/h1-40H. The van der Waals surface area contributed by atoms with E-state index in [0.29, 0.717) is 17.5 Å². The summed E-state index contributed by atoms with van der Waals surface area (Å²) in [6.07, 6.45) is 0. The van der Waals surface area contributed by atoms with Crippen LogP contribution in [0.1, 0.15) is 0 Å². The molecule has 0 aliphatic rings. The number of thiophene rings is 1. The highest BCUT2D eigenvalue weighted by atomic mass is 32.1. The minimum absolute atomic E-state index is 0.609. The first-order valence-corrected chi connectivity index (χ1v) is 24.5. The summed E-state index contributed by atoms with van der Waals surface area (Å²) >= 11 is 1.85. The Bertz CT molecular complexity index is 4330. The van der Waals surface area contributed by atoms with Crippen LogP contribution in [0.2, 0.25) is 0 Å². The van der Waals surface area contributed by atoms with E-state index in [1.54, 1.807) is 0 Å². The molecule has 70 heavy (non-hydrogen) atoms. The highest BCUT2D eigenvalue weighted by Crippen LogP contribution is 2.46. The number of benzene rings is 11. The van der Waals surface area contributed by atoms with Crippen molar-refractivity contribution < 1.29 is 0 Å². The van der Waals surface area contributed by atoms with E-state index in [1.165, 1.54) is 63.6 Å². The Morgan fingerprint density at radius 3 is 1.50 bits per heavy atom. The van der Waals surface area contributed by atoms with Crippen molar-refractivity contribution in [1.29, 1.82) is 0 Å². The molecule has 0 aliphatic carbocycles. The third-order valence-electron chi connectivity index (χ3n) is 13.8. The second-order valence-corrected chi connectivity index (χ2v) is 19.0. The molecule has 0 unspecified atom stereocenters. The fraction of sp³-hybridized carbons (Fsp3) is 0. The number of rotatable bonds is 7. The maximum atomic E-state index is 5.32. The van der Waals surface area contributed by atoms with Gasteiger partial charge in [0, 0.05) is 53.2 Å². The number of aromatic nitrogens is 4. The monoisotopic (exact) mass is 908 g/mol. The van der Waals surface area contributed by atoms with Crippen molar-refractivity contribution in [2.45, 2.75) is 0 Å². The van der Waals surface area contributed by atoms with Crippen LogP contribution in [0.15, 0.2) is 243 Å². The SMILES string of the molecule is c1ccc(-c2ccc(-c3ccc(-c4nc(-c5ccccc5)nc(-c5ccc(-n6c7ccccc7c7cc8ccccc8cc76)c(-c6cccc7sc8ccc9ccccc9c8c67)c5)n4)cc3)cc2)cc1. The van der Waals surface area contributed by atoms with Crippen molar-refractivity contribution >= 4 is 74.9 Å². The van der Waals surface area contributed by atoms with Crippen LogP contribution in [0.25, 0.3) is 137 Å². The van der Waals surface area contributed by atoms with E-state index in [0.717, 1.165) is 55.7 Å². The summed E-state index contributed by atoms with van der Waals surface area (Å²) in [4.78, 5) is 15.8. The molecule has 11 aromatic carbocycles. The van der Waals surface area contributed by atoms with Crippen LogP contribution >= 0.6 is 11.3 Å². The van der Waals surface area contributed by atoms with E-state index in [-0.39, 0.29) is 0 Å². The zero-order chi connectivity index (χ0) is 46.1. The largest absolute Gasteiger partial charge is 0.309 e. The number of nitrogens with zero attached hydrogens (tertiary/aromatic N) is 4. The second-order valence-electron chi connectivity index (χ2n) is 17.9. The van der Waals surface area contributed by atoms with Gasteiger partial charge in [0.05, 0.1) is 16.7 Å². The molecular weight excluding hydrogens is 869 g/mol. The van der Waals surface area contributed by atoms with Crippen LogP contribution in [0.5, 0.6) is 0 Å². The number of hydrogen-bond donors (Lipinski definition) is 0. The van der Waals surface area contributed by atoms with Crippen molar-refractivity contribution in [2.75, 3.05) is 0 Å². The van der Waals surface area contributed by atoms with Gasteiger partial charge in [0.15, 0.2) is 17.5 Å². The van der Waals surface area contributed by atoms with E-state index in [2.05, 4.69) is 229 Å². The molecule has 0 atom stereocenters. The van der Waals surface area contributed by atoms with Gasteiger partial charge in [-0.05, 0) is 97.9 Å². The molecule has 0 saturated heterocycles. The summed E-state index contributed by atoms with van der Waals surface area (Å²) in [5.74, 6) is 1.85. The molecule has 326 valence electrons. The summed E-state index contributed by atoms with van der Waals surface area (Å²) in [7, 11) is 0. The van der Waals surface area contributed by atoms with Crippen molar-refractivity contribution in [1.82, 2.24) is 19.5 Å². The summed E-state index contributed by atoms with van der Waals surface area (Å²) in [5, 5.41) is 9.88. The molecule has 0 aliphatic heterocycles. The molecule has 4 nitrogen and oxygen atoms in total. The molecule has 0 fully saturated rings. The molecule has 5 heteroatoms. The lowest BCUT2D eigenvalue weighted by Crippen LogP contribution is -2.02. The fourth-order valence-corrected chi connectivity index (χ4v) is 11.6. The lowest BCUT2D eigenvalue weighted by molar-refractivity contribution is 1.07. The Hall–Kier alpha value is -9.03. The first-order chi connectivity index (χ1) is 34.7. The van der Waals surface area contributed by atoms with Crippen LogP contribution in [0.4, 0.5) is 0 Å². The smallest absolute Gasteiger partial charge is 0.164 e. The topological polar surface area (TPSA) is 43.6 Å². The van der Waals surface area contributed by atoms with Gasteiger partial charge < -0.3 is 4.57 Å². The van der Waals surface area contributed by atoms with Gasteiger partial charge in [-0.25, -0.2) is 15.0 Å². The minimum Gasteiger partial charge on any atom is -0.309 e. The molecule has 0 radical (unpaired) electrons. The van der Waals surface area contributed by atoms with Crippen molar-refractivity contribution in [3.05, 3.63) is 243 Å². The van der Waals surface area contributed by atoms with Crippen LogP contribution < -0.4 is 0 Å². The average molecular weight is 909 g/mol. The van der Waals surface area contributed by atoms with E-state index in [9.17, 15) is 0 Å². The lowest BCUT2D eigenvalue weighted by atomic mass is 9.94. The predicted octanol–water partition coefficient (Wildman–Crippen LogP) is 17.6. The predicted molar refractivity (Wildman–Crippen MR) is 295 cm³/mol. The third-order valence-corrected chi connectivity index (χ3v) is 15.0. The van der Waals surface area contributed by atoms with Gasteiger partial charge in [-0.2, -0.15) is 0 Å². The summed E-state index contributed by atoms with van der Waals surface area (Å²) in [6, 6.07) is 87.1. The van der Waals surface area contributed by atoms with Gasteiger partial charge in [-0.15, -0.1) is 11.3 Å². The second kappa shape index (κ2) is 16.3.